The summed E-state index contributed by atoms with van der Waals surface area (Å²) in [4.78, 5) is 41.7. The lowest BCUT2D eigenvalue weighted by molar-refractivity contribution is -0.383. The number of para-hydroxylation sites is 2. The van der Waals surface area contributed by atoms with Crippen molar-refractivity contribution in [2.75, 3.05) is 12.4 Å². The molecule has 3 aromatic rings. The first-order valence-corrected chi connectivity index (χ1v) is 11.3. The molecule has 9 nitrogen and oxygen atoms in total. The smallest absolute Gasteiger partial charge is 0.473 e. The molecular formula is C26H24F3N3O6. The Morgan fingerprint density at radius 3 is 2.21 bits per heavy atom. The molecule has 3 aromatic carbocycles. The molecule has 0 aliphatic heterocycles. The summed E-state index contributed by atoms with van der Waals surface area (Å²) in [6, 6.07) is 18.2. The van der Waals surface area contributed by atoms with Crippen LogP contribution in [-0.2, 0) is 27.5 Å². The quantitative estimate of drug-likeness (QED) is 0.273. The lowest BCUT2D eigenvalue weighted by Crippen LogP contribution is -2.52. The molecule has 12 heteroatoms. The molecule has 0 saturated heterocycles. The fourth-order valence-corrected chi connectivity index (χ4v) is 3.54. The summed E-state index contributed by atoms with van der Waals surface area (Å²) < 4.78 is 45.8. The zero-order valence-corrected chi connectivity index (χ0v) is 20.2. The van der Waals surface area contributed by atoms with E-state index in [1.54, 1.807) is 42.5 Å². The van der Waals surface area contributed by atoms with Gasteiger partial charge < -0.3 is 10.1 Å². The molecule has 0 bridgehead atoms. The maximum atomic E-state index is 13.6. The molecular weight excluding hydrogens is 507 g/mol. The average molecular weight is 531 g/mol. The van der Waals surface area contributed by atoms with Crippen molar-refractivity contribution >= 4 is 23.2 Å². The number of nitrogens with zero attached hydrogens (tertiary/aromatic N) is 2. The van der Waals surface area contributed by atoms with Crippen molar-refractivity contribution in [1.29, 1.82) is 0 Å². The number of aryl methyl sites for hydroxylation is 1. The van der Waals surface area contributed by atoms with Gasteiger partial charge in [-0.15, -0.1) is 0 Å². The van der Waals surface area contributed by atoms with E-state index in [1.807, 2.05) is 0 Å². The summed E-state index contributed by atoms with van der Waals surface area (Å²) in [5.41, 5.74) is 0.412. The highest BCUT2D eigenvalue weighted by molar-refractivity contribution is 5.99. The SMILES string of the molecule is COc1ccc(CON(C(=O)C(F)(F)F)C(CCc2ccccc2)C(=O)Nc2ccccc2[N+](=O)[O-])cc1. The van der Waals surface area contributed by atoms with Crippen LogP contribution in [0.4, 0.5) is 24.5 Å². The Labute approximate surface area is 215 Å². The number of nitro benzene ring substituents is 1. The van der Waals surface area contributed by atoms with Gasteiger partial charge in [0.1, 0.15) is 24.1 Å². The number of carbonyl (C=O) groups excluding carboxylic acids is 2. The van der Waals surface area contributed by atoms with E-state index in [2.05, 4.69) is 5.32 Å². The fraction of sp³-hybridized carbons (Fsp3) is 0.231. The van der Waals surface area contributed by atoms with Crippen LogP contribution in [0.15, 0.2) is 78.9 Å². The van der Waals surface area contributed by atoms with Gasteiger partial charge in [0.2, 0.25) is 5.91 Å². The van der Waals surface area contributed by atoms with Gasteiger partial charge in [0.25, 0.3) is 5.69 Å². The molecule has 1 unspecified atom stereocenters. The third kappa shape index (κ3) is 7.53. The second-order valence-electron chi connectivity index (χ2n) is 8.05. The van der Waals surface area contributed by atoms with Gasteiger partial charge in [-0.3, -0.25) is 24.5 Å². The monoisotopic (exact) mass is 531 g/mol. The predicted molar refractivity (Wildman–Crippen MR) is 131 cm³/mol. The number of anilines is 1. The molecule has 3 rings (SSSR count). The Kier molecular flexibility index (Phi) is 9.39. The summed E-state index contributed by atoms with van der Waals surface area (Å²) in [6.07, 6.45) is -5.51. The normalized spacial score (nSPS) is 11.9. The Morgan fingerprint density at radius 2 is 1.61 bits per heavy atom. The lowest BCUT2D eigenvalue weighted by atomic mass is 10.0. The molecule has 0 spiro atoms. The van der Waals surface area contributed by atoms with Crippen molar-refractivity contribution in [2.45, 2.75) is 31.7 Å². The number of carbonyl (C=O) groups is 2. The van der Waals surface area contributed by atoms with E-state index in [0.29, 0.717) is 16.9 Å². The second-order valence-corrected chi connectivity index (χ2v) is 8.05. The minimum atomic E-state index is -5.36. The Balaban J connectivity index is 1.93. The van der Waals surface area contributed by atoms with E-state index in [9.17, 15) is 32.9 Å². The topological polar surface area (TPSA) is 111 Å². The van der Waals surface area contributed by atoms with Gasteiger partial charge in [-0.05, 0) is 42.2 Å². The molecule has 200 valence electrons. The van der Waals surface area contributed by atoms with Crippen LogP contribution >= 0.6 is 0 Å². The number of nitro groups is 1. The first-order valence-electron chi connectivity index (χ1n) is 11.3. The molecule has 2 amide bonds. The number of methoxy groups -OCH3 is 1. The number of amides is 2. The molecule has 0 aliphatic carbocycles. The van der Waals surface area contributed by atoms with Crippen molar-refractivity contribution in [1.82, 2.24) is 5.06 Å². The fourth-order valence-electron chi connectivity index (χ4n) is 3.54. The van der Waals surface area contributed by atoms with Gasteiger partial charge in [0, 0.05) is 6.07 Å². The van der Waals surface area contributed by atoms with Crippen molar-refractivity contribution in [3.8, 4) is 5.75 Å². The Bertz CT molecular complexity index is 1250. The number of alkyl halides is 3. The molecule has 0 heterocycles. The van der Waals surface area contributed by atoms with Crippen LogP contribution in [0.1, 0.15) is 17.5 Å². The molecule has 38 heavy (non-hydrogen) atoms. The Morgan fingerprint density at radius 1 is 0.974 bits per heavy atom. The standard InChI is InChI=1S/C26H24F3N3O6/c1-37-20-14-11-19(12-15-20)17-38-31(25(34)26(27,28)29)23(16-13-18-7-3-2-4-8-18)24(33)30-21-9-5-6-10-22(21)32(35)36/h2-12,14-15,23H,13,16-17H2,1H3,(H,30,33). The van der Waals surface area contributed by atoms with Crippen LogP contribution in [0.2, 0.25) is 0 Å². The van der Waals surface area contributed by atoms with Gasteiger partial charge in [-0.2, -0.15) is 13.2 Å². The van der Waals surface area contributed by atoms with Gasteiger partial charge in [-0.25, -0.2) is 5.06 Å². The minimum Gasteiger partial charge on any atom is -0.497 e. The Hall–Kier alpha value is -4.45. The van der Waals surface area contributed by atoms with Gasteiger partial charge in [0.05, 0.1) is 12.0 Å². The third-order valence-corrected chi connectivity index (χ3v) is 5.47. The van der Waals surface area contributed by atoms with Gasteiger partial charge in [-0.1, -0.05) is 54.6 Å². The number of rotatable bonds is 11. The molecule has 0 saturated carbocycles. The second kappa shape index (κ2) is 12.7. The highest BCUT2D eigenvalue weighted by Gasteiger charge is 2.47. The molecule has 0 fully saturated rings. The largest absolute Gasteiger partial charge is 0.497 e. The number of halogens is 3. The number of hydrogen-bond acceptors (Lipinski definition) is 6. The number of hydrogen-bond donors (Lipinski definition) is 1. The summed E-state index contributed by atoms with van der Waals surface area (Å²) in [6.45, 7) is -0.466. The minimum absolute atomic E-state index is 0.00270. The lowest BCUT2D eigenvalue weighted by Gasteiger charge is -2.30. The number of ether oxygens (including phenoxy) is 1. The average Bonchev–Trinajstić information content (AvgIpc) is 2.90. The van der Waals surface area contributed by atoms with Crippen molar-refractivity contribution in [3.63, 3.8) is 0 Å². The van der Waals surface area contributed by atoms with Gasteiger partial charge >= 0.3 is 12.1 Å². The molecule has 0 radical (unpaired) electrons. The van der Waals surface area contributed by atoms with E-state index in [0.717, 1.165) is 6.07 Å². The maximum absolute atomic E-state index is 13.6. The predicted octanol–water partition coefficient (Wildman–Crippen LogP) is 5.07. The van der Waals surface area contributed by atoms with E-state index in [4.69, 9.17) is 9.57 Å². The van der Waals surface area contributed by atoms with E-state index >= 15 is 0 Å². The zero-order valence-electron chi connectivity index (χ0n) is 20.2. The number of benzene rings is 3. The highest BCUT2D eigenvalue weighted by Crippen LogP contribution is 2.27. The van der Waals surface area contributed by atoms with Crippen LogP contribution in [-0.4, -0.2) is 41.1 Å². The van der Waals surface area contributed by atoms with E-state index < -0.39 is 41.3 Å². The van der Waals surface area contributed by atoms with Crippen molar-refractivity contribution in [3.05, 3.63) is 100 Å². The molecule has 1 atom stereocenters. The van der Waals surface area contributed by atoms with Crippen LogP contribution in [0.5, 0.6) is 5.75 Å². The number of hydroxylamine groups is 2. The molecule has 0 aromatic heterocycles. The molecule has 1 N–H and O–H groups in total. The summed E-state index contributed by atoms with van der Waals surface area (Å²) in [7, 11) is 1.45. The van der Waals surface area contributed by atoms with Crippen LogP contribution in [0, 0.1) is 10.1 Å². The van der Waals surface area contributed by atoms with Crippen LogP contribution < -0.4 is 10.1 Å². The van der Waals surface area contributed by atoms with Crippen molar-refractivity contribution in [2.24, 2.45) is 0 Å². The van der Waals surface area contributed by atoms with Crippen LogP contribution in [0.25, 0.3) is 0 Å². The van der Waals surface area contributed by atoms with E-state index in [-0.39, 0.29) is 23.6 Å². The number of nitrogens with one attached hydrogen (secondary N) is 1. The van der Waals surface area contributed by atoms with Crippen LogP contribution in [0.3, 0.4) is 0 Å². The van der Waals surface area contributed by atoms with E-state index in [1.165, 1.54) is 37.4 Å². The summed E-state index contributed by atoms with van der Waals surface area (Å²) in [5, 5.41) is 13.7. The third-order valence-electron chi connectivity index (χ3n) is 5.47. The van der Waals surface area contributed by atoms with Gasteiger partial charge in [0.15, 0.2) is 0 Å². The highest BCUT2D eigenvalue weighted by atomic mass is 19.4. The maximum Gasteiger partial charge on any atom is 0.473 e. The van der Waals surface area contributed by atoms with Crippen molar-refractivity contribution < 1.29 is 37.3 Å². The summed E-state index contributed by atoms with van der Waals surface area (Å²) >= 11 is 0. The summed E-state index contributed by atoms with van der Waals surface area (Å²) in [5.74, 6) is -2.97. The first-order chi connectivity index (χ1) is 18.1. The first kappa shape index (κ1) is 28.1. The molecule has 0 aliphatic rings. The zero-order chi connectivity index (χ0) is 27.7.